The maximum absolute atomic E-state index is 12.0. The van der Waals surface area contributed by atoms with Crippen LogP contribution < -0.4 is 5.32 Å². The van der Waals surface area contributed by atoms with Crippen molar-refractivity contribution in [3.05, 3.63) is 17.5 Å². The molecule has 0 aliphatic rings. The van der Waals surface area contributed by atoms with E-state index in [1.807, 2.05) is 26.8 Å². The van der Waals surface area contributed by atoms with E-state index < -0.39 is 5.54 Å². The van der Waals surface area contributed by atoms with Gasteiger partial charge in [-0.15, -0.1) is 0 Å². The summed E-state index contributed by atoms with van der Waals surface area (Å²) >= 11 is 0. The number of amides is 1. The van der Waals surface area contributed by atoms with E-state index >= 15 is 0 Å². The summed E-state index contributed by atoms with van der Waals surface area (Å²) in [6.07, 6.45) is 0. The average Bonchev–Trinajstić information content (AvgIpc) is 2.62. The maximum atomic E-state index is 12.0. The molecule has 90 valence electrons. The SMILES string of the molecule is CNC(C)(C)C(=O)N(C)Cc1cc(C)on1. The largest absolute Gasteiger partial charge is 0.361 e. The van der Waals surface area contributed by atoms with E-state index in [1.54, 1.807) is 19.0 Å². The predicted octanol–water partition coefficient (Wildman–Crippen LogP) is 0.939. The van der Waals surface area contributed by atoms with Gasteiger partial charge in [0.25, 0.3) is 0 Å². The number of hydrogen-bond acceptors (Lipinski definition) is 4. The highest BCUT2D eigenvalue weighted by Crippen LogP contribution is 2.10. The molecule has 1 amide bonds. The Labute approximate surface area is 95.8 Å². The zero-order chi connectivity index (χ0) is 12.3. The van der Waals surface area contributed by atoms with E-state index in [4.69, 9.17) is 4.52 Å². The number of aryl methyl sites for hydroxylation is 1. The lowest BCUT2D eigenvalue weighted by molar-refractivity contribution is -0.136. The van der Waals surface area contributed by atoms with Crippen LogP contribution in [0.25, 0.3) is 0 Å². The van der Waals surface area contributed by atoms with Crippen molar-refractivity contribution in [1.29, 1.82) is 0 Å². The van der Waals surface area contributed by atoms with Gasteiger partial charge in [-0.2, -0.15) is 0 Å². The molecule has 0 atom stereocenters. The molecule has 0 bridgehead atoms. The number of nitrogens with zero attached hydrogens (tertiary/aromatic N) is 2. The van der Waals surface area contributed by atoms with E-state index in [1.165, 1.54) is 0 Å². The third-order valence-corrected chi connectivity index (χ3v) is 2.58. The fourth-order valence-corrected chi connectivity index (χ4v) is 1.39. The molecule has 0 aromatic carbocycles. The summed E-state index contributed by atoms with van der Waals surface area (Å²) < 4.78 is 4.95. The van der Waals surface area contributed by atoms with Crippen LogP contribution in [0.1, 0.15) is 25.3 Å². The molecule has 0 radical (unpaired) electrons. The van der Waals surface area contributed by atoms with Gasteiger partial charge in [0.2, 0.25) is 5.91 Å². The topological polar surface area (TPSA) is 58.4 Å². The second-order valence-electron chi connectivity index (χ2n) is 4.47. The lowest BCUT2D eigenvalue weighted by Gasteiger charge is -2.28. The third-order valence-electron chi connectivity index (χ3n) is 2.58. The van der Waals surface area contributed by atoms with Gasteiger partial charge >= 0.3 is 0 Å². The van der Waals surface area contributed by atoms with E-state index in [0.29, 0.717) is 6.54 Å². The summed E-state index contributed by atoms with van der Waals surface area (Å²) in [5.41, 5.74) is 0.202. The quantitative estimate of drug-likeness (QED) is 0.828. The maximum Gasteiger partial charge on any atom is 0.242 e. The molecule has 0 saturated heterocycles. The van der Waals surface area contributed by atoms with Crippen molar-refractivity contribution in [2.24, 2.45) is 0 Å². The smallest absolute Gasteiger partial charge is 0.242 e. The van der Waals surface area contributed by atoms with Crippen molar-refractivity contribution < 1.29 is 9.32 Å². The number of hydrogen-bond donors (Lipinski definition) is 1. The van der Waals surface area contributed by atoms with Crippen LogP contribution in [0.5, 0.6) is 0 Å². The number of likely N-dealkylation sites (N-methyl/N-ethyl adjacent to an activating group) is 2. The summed E-state index contributed by atoms with van der Waals surface area (Å²) in [6, 6.07) is 1.83. The molecule has 5 heteroatoms. The van der Waals surface area contributed by atoms with Crippen molar-refractivity contribution in [3.8, 4) is 0 Å². The molecule has 0 aliphatic heterocycles. The highest BCUT2D eigenvalue weighted by molar-refractivity contribution is 5.85. The first kappa shape index (κ1) is 12.7. The molecule has 0 spiro atoms. The molecule has 5 nitrogen and oxygen atoms in total. The molecule has 1 N–H and O–H groups in total. The second-order valence-corrected chi connectivity index (χ2v) is 4.47. The number of rotatable bonds is 4. The molecule has 0 fully saturated rings. The van der Waals surface area contributed by atoms with Gasteiger partial charge in [0.05, 0.1) is 12.1 Å². The van der Waals surface area contributed by atoms with Crippen molar-refractivity contribution in [3.63, 3.8) is 0 Å². The monoisotopic (exact) mass is 225 g/mol. The van der Waals surface area contributed by atoms with E-state index in [0.717, 1.165) is 11.5 Å². The van der Waals surface area contributed by atoms with E-state index in [9.17, 15) is 4.79 Å². The van der Waals surface area contributed by atoms with E-state index in [2.05, 4.69) is 10.5 Å². The van der Waals surface area contributed by atoms with Crippen LogP contribution in [-0.2, 0) is 11.3 Å². The average molecular weight is 225 g/mol. The summed E-state index contributed by atoms with van der Waals surface area (Å²) in [4.78, 5) is 13.6. The Hall–Kier alpha value is -1.36. The van der Waals surface area contributed by atoms with Gasteiger partial charge in [-0.05, 0) is 27.8 Å². The normalized spacial score (nSPS) is 11.6. The van der Waals surface area contributed by atoms with Gasteiger partial charge in [-0.25, -0.2) is 0 Å². The molecule has 1 heterocycles. The first-order valence-electron chi connectivity index (χ1n) is 5.23. The first-order chi connectivity index (χ1) is 7.36. The van der Waals surface area contributed by atoms with Crippen molar-refractivity contribution in [2.75, 3.05) is 14.1 Å². The Balaban J connectivity index is 2.65. The van der Waals surface area contributed by atoms with Crippen molar-refractivity contribution >= 4 is 5.91 Å². The summed E-state index contributed by atoms with van der Waals surface area (Å²) in [5.74, 6) is 0.777. The highest BCUT2D eigenvalue weighted by atomic mass is 16.5. The molecule has 0 unspecified atom stereocenters. The van der Waals surface area contributed by atoms with Gasteiger partial charge in [-0.1, -0.05) is 5.16 Å². The number of nitrogens with one attached hydrogen (secondary N) is 1. The first-order valence-corrected chi connectivity index (χ1v) is 5.23. The highest BCUT2D eigenvalue weighted by Gasteiger charge is 2.28. The summed E-state index contributed by atoms with van der Waals surface area (Å²) in [5, 5.41) is 6.83. The van der Waals surface area contributed by atoms with Crippen LogP contribution in [0.4, 0.5) is 0 Å². The summed E-state index contributed by atoms with van der Waals surface area (Å²) in [6.45, 7) is 5.98. The van der Waals surface area contributed by atoms with Crippen LogP contribution >= 0.6 is 0 Å². The van der Waals surface area contributed by atoms with E-state index in [-0.39, 0.29) is 5.91 Å². The van der Waals surface area contributed by atoms with Crippen LogP contribution in [0.3, 0.4) is 0 Å². The molecule has 1 aromatic heterocycles. The van der Waals surface area contributed by atoms with Crippen LogP contribution in [0.15, 0.2) is 10.6 Å². The molecule has 0 saturated carbocycles. The fourth-order valence-electron chi connectivity index (χ4n) is 1.39. The van der Waals surface area contributed by atoms with Crippen molar-refractivity contribution in [2.45, 2.75) is 32.9 Å². The molecule has 1 rings (SSSR count). The van der Waals surface area contributed by atoms with Crippen LogP contribution in [0, 0.1) is 6.92 Å². The summed E-state index contributed by atoms with van der Waals surface area (Å²) in [7, 11) is 3.53. The number of carbonyl (C=O) groups is 1. The van der Waals surface area contributed by atoms with Crippen LogP contribution in [-0.4, -0.2) is 35.6 Å². The Morgan fingerprint density at radius 3 is 2.69 bits per heavy atom. The third kappa shape index (κ3) is 2.82. The minimum absolute atomic E-state index is 0.0238. The van der Waals surface area contributed by atoms with Gasteiger partial charge < -0.3 is 14.7 Å². The lowest BCUT2D eigenvalue weighted by Crippen LogP contribution is -2.51. The lowest BCUT2D eigenvalue weighted by atomic mass is 10.0. The Morgan fingerprint density at radius 1 is 1.62 bits per heavy atom. The van der Waals surface area contributed by atoms with Gasteiger partial charge in [-0.3, -0.25) is 4.79 Å². The Kier molecular flexibility index (Phi) is 3.70. The Morgan fingerprint density at radius 2 is 2.25 bits per heavy atom. The zero-order valence-corrected chi connectivity index (χ0v) is 10.5. The molecule has 0 aliphatic carbocycles. The number of aromatic nitrogens is 1. The predicted molar refractivity (Wildman–Crippen MR) is 60.9 cm³/mol. The van der Waals surface area contributed by atoms with Gasteiger partial charge in [0.1, 0.15) is 11.5 Å². The van der Waals surface area contributed by atoms with Gasteiger partial charge in [0.15, 0.2) is 0 Å². The zero-order valence-electron chi connectivity index (χ0n) is 10.5. The van der Waals surface area contributed by atoms with Gasteiger partial charge in [0, 0.05) is 13.1 Å². The second kappa shape index (κ2) is 4.65. The van der Waals surface area contributed by atoms with Crippen molar-refractivity contribution in [1.82, 2.24) is 15.4 Å². The number of carbonyl (C=O) groups excluding carboxylic acids is 1. The molecule has 16 heavy (non-hydrogen) atoms. The minimum atomic E-state index is -0.562. The fraction of sp³-hybridized carbons (Fsp3) is 0.636. The molecular weight excluding hydrogens is 206 g/mol. The Bertz CT molecular complexity index is 371. The minimum Gasteiger partial charge on any atom is -0.361 e. The standard InChI is InChI=1S/C11H19N3O2/c1-8-6-9(13-16-8)7-14(5)10(15)11(2,3)12-4/h6,12H,7H2,1-5H3. The molecular formula is C11H19N3O2. The van der Waals surface area contributed by atoms with Crippen LogP contribution in [0.2, 0.25) is 0 Å². The molecule has 1 aromatic rings.